The first-order valence-electron chi connectivity index (χ1n) is 7.04. The van der Waals surface area contributed by atoms with Crippen molar-refractivity contribution in [3.63, 3.8) is 0 Å². The predicted molar refractivity (Wildman–Crippen MR) is 70.7 cm³/mol. The fourth-order valence-electron chi connectivity index (χ4n) is 2.51. The number of hydrogen-bond donors (Lipinski definition) is 1. The summed E-state index contributed by atoms with van der Waals surface area (Å²) >= 11 is 0. The van der Waals surface area contributed by atoms with Gasteiger partial charge in [-0.2, -0.15) is 4.98 Å². The summed E-state index contributed by atoms with van der Waals surface area (Å²) in [5.74, 6) is 2.69. The molecule has 4 nitrogen and oxygen atoms in total. The standard InChI is InChI=1S/C14H21N3O/c1-9-12(15)16-13(10-7-8-10)17-14(9)18-11-5-3-2-4-6-11/h10-11H,2-8H2,1H3,(H2,15,16,17). The van der Waals surface area contributed by atoms with E-state index in [1.54, 1.807) is 0 Å². The fourth-order valence-corrected chi connectivity index (χ4v) is 2.51. The highest BCUT2D eigenvalue weighted by Gasteiger charge is 2.28. The SMILES string of the molecule is Cc1c(N)nc(C2CC2)nc1OC1CCCCC1. The molecule has 1 aromatic heterocycles. The van der Waals surface area contributed by atoms with E-state index < -0.39 is 0 Å². The van der Waals surface area contributed by atoms with Crippen molar-refractivity contribution in [3.8, 4) is 5.88 Å². The van der Waals surface area contributed by atoms with Crippen LogP contribution in [0, 0.1) is 6.92 Å². The summed E-state index contributed by atoms with van der Waals surface area (Å²) in [5.41, 5.74) is 6.85. The quantitative estimate of drug-likeness (QED) is 0.892. The third-order valence-corrected chi connectivity index (χ3v) is 3.93. The highest BCUT2D eigenvalue weighted by molar-refractivity contribution is 5.45. The fraction of sp³-hybridized carbons (Fsp3) is 0.714. The zero-order valence-corrected chi connectivity index (χ0v) is 11.0. The Kier molecular flexibility index (Phi) is 3.10. The first-order chi connectivity index (χ1) is 8.74. The maximum Gasteiger partial charge on any atom is 0.222 e. The van der Waals surface area contributed by atoms with Gasteiger partial charge in [-0.1, -0.05) is 6.42 Å². The van der Waals surface area contributed by atoms with Crippen molar-refractivity contribution in [1.29, 1.82) is 0 Å². The number of anilines is 1. The second kappa shape index (κ2) is 4.75. The van der Waals surface area contributed by atoms with E-state index in [9.17, 15) is 0 Å². The lowest BCUT2D eigenvalue weighted by atomic mass is 9.98. The zero-order valence-electron chi connectivity index (χ0n) is 11.0. The van der Waals surface area contributed by atoms with E-state index >= 15 is 0 Å². The van der Waals surface area contributed by atoms with Crippen molar-refractivity contribution in [2.45, 2.75) is 63.9 Å². The number of nitrogen functional groups attached to an aromatic ring is 1. The molecule has 2 N–H and O–H groups in total. The third kappa shape index (κ3) is 2.42. The molecule has 0 unspecified atom stereocenters. The molecule has 4 heteroatoms. The van der Waals surface area contributed by atoms with Crippen molar-refractivity contribution in [3.05, 3.63) is 11.4 Å². The van der Waals surface area contributed by atoms with Gasteiger partial charge in [-0.15, -0.1) is 0 Å². The molecule has 0 saturated heterocycles. The van der Waals surface area contributed by atoms with Gasteiger partial charge in [-0.05, 0) is 45.4 Å². The van der Waals surface area contributed by atoms with Crippen LogP contribution in [0.15, 0.2) is 0 Å². The summed E-state index contributed by atoms with van der Waals surface area (Å²) in [4.78, 5) is 8.95. The van der Waals surface area contributed by atoms with Crippen LogP contribution in [-0.4, -0.2) is 16.1 Å². The maximum absolute atomic E-state index is 6.05. The molecule has 0 amide bonds. The van der Waals surface area contributed by atoms with Gasteiger partial charge in [0, 0.05) is 5.92 Å². The first-order valence-corrected chi connectivity index (χ1v) is 7.04. The van der Waals surface area contributed by atoms with E-state index in [0.717, 1.165) is 30.1 Å². The Morgan fingerprint density at radius 1 is 1.06 bits per heavy atom. The topological polar surface area (TPSA) is 61.0 Å². The Labute approximate surface area is 108 Å². The van der Waals surface area contributed by atoms with E-state index in [4.69, 9.17) is 10.5 Å². The Bertz CT molecular complexity index is 437. The lowest BCUT2D eigenvalue weighted by molar-refractivity contribution is 0.147. The third-order valence-electron chi connectivity index (χ3n) is 3.93. The number of nitrogens with zero attached hydrogens (tertiary/aromatic N) is 2. The lowest BCUT2D eigenvalue weighted by Gasteiger charge is -2.23. The molecule has 2 aliphatic carbocycles. The number of aromatic nitrogens is 2. The Morgan fingerprint density at radius 3 is 2.44 bits per heavy atom. The number of nitrogens with two attached hydrogens (primary N) is 1. The molecule has 1 aromatic rings. The molecule has 0 atom stereocenters. The molecular weight excluding hydrogens is 226 g/mol. The van der Waals surface area contributed by atoms with Crippen LogP contribution >= 0.6 is 0 Å². The van der Waals surface area contributed by atoms with Crippen LogP contribution in [0.4, 0.5) is 5.82 Å². The minimum absolute atomic E-state index is 0.318. The highest BCUT2D eigenvalue weighted by atomic mass is 16.5. The molecule has 0 bridgehead atoms. The Morgan fingerprint density at radius 2 is 1.78 bits per heavy atom. The van der Waals surface area contributed by atoms with Crippen LogP contribution < -0.4 is 10.5 Å². The van der Waals surface area contributed by atoms with Gasteiger partial charge < -0.3 is 10.5 Å². The molecule has 3 rings (SSSR count). The summed E-state index contributed by atoms with van der Waals surface area (Å²) in [6, 6.07) is 0. The van der Waals surface area contributed by atoms with Crippen molar-refractivity contribution < 1.29 is 4.74 Å². The summed E-state index contributed by atoms with van der Waals surface area (Å²) < 4.78 is 6.05. The maximum atomic E-state index is 6.05. The van der Waals surface area contributed by atoms with Gasteiger partial charge in [0.25, 0.3) is 0 Å². The van der Waals surface area contributed by atoms with E-state index in [2.05, 4.69) is 9.97 Å². The smallest absolute Gasteiger partial charge is 0.222 e. The average molecular weight is 247 g/mol. The van der Waals surface area contributed by atoms with E-state index in [-0.39, 0.29) is 0 Å². The molecule has 0 aromatic carbocycles. The van der Waals surface area contributed by atoms with Crippen LogP contribution in [0.1, 0.15) is 62.3 Å². The number of ether oxygens (including phenoxy) is 1. The van der Waals surface area contributed by atoms with Crippen molar-refractivity contribution in [1.82, 2.24) is 9.97 Å². The predicted octanol–water partition coefficient (Wildman–Crippen LogP) is 2.96. The van der Waals surface area contributed by atoms with Gasteiger partial charge >= 0.3 is 0 Å². The van der Waals surface area contributed by atoms with Gasteiger partial charge in [-0.3, -0.25) is 0 Å². The average Bonchev–Trinajstić information content (AvgIpc) is 3.20. The van der Waals surface area contributed by atoms with Crippen LogP contribution in [-0.2, 0) is 0 Å². The zero-order chi connectivity index (χ0) is 12.5. The van der Waals surface area contributed by atoms with Crippen LogP contribution in [0.5, 0.6) is 5.88 Å². The molecular formula is C14H21N3O. The largest absolute Gasteiger partial charge is 0.474 e. The molecule has 2 aliphatic rings. The Balaban J connectivity index is 1.80. The summed E-state index contributed by atoms with van der Waals surface area (Å²) in [7, 11) is 0. The second-order valence-electron chi connectivity index (χ2n) is 5.55. The van der Waals surface area contributed by atoms with Crippen LogP contribution in [0.2, 0.25) is 0 Å². The normalized spacial score (nSPS) is 20.9. The molecule has 2 saturated carbocycles. The van der Waals surface area contributed by atoms with Crippen molar-refractivity contribution in [2.24, 2.45) is 0 Å². The minimum atomic E-state index is 0.318. The highest BCUT2D eigenvalue weighted by Crippen LogP contribution is 2.39. The van der Waals surface area contributed by atoms with E-state index in [1.807, 2.05) is 6.92 Å². The monoisotopic (exact) mass is 247 g/mol. The van der Waals surface area contributed by atoms with Crippen LogP contribution in [0.25, 0.3) is 0 Å². The van der Waals surface area contributed by atoms with Gasteiger partial charge in [0.15, 0.2) is 0 Å². The van der Waals surface area contributed by atoms with E-state index in [0.29, 0.717) is 17.8 Å². The second-order valence-corrected chi connectivity index (χ2v) is 5.55. The number of hydrogen-bond acceptors (Lipinski definition) is 4. The van der Waals surface area contributed by atoms with E-state index in [1.165, 1.54) is 32.1 Å². The summed E-state index contributed by atoms with van der Waals surface area (Å²) in [6.45, 7) is 1.95. The van der Waals surface area contributed by atoms with Gasteiger partial charge in [-0.25, -0.2) is 4.98 Å². The molecule has 2 fully saturated rings. The van der Waals surface area contributed by atoms with Crippen LogP contribution in [0.3, 0.4) is 0 Å². The first kappa shape index (κ1) is 11.8. The number of rotatable bonds is 3. The molecule has 0 radical (unpaired) electrons. The Hall–Kier alpha value is -1.32. The minimum Gasteiger partial charge on any atom is -0.474 e. The molecule has 0 spiro atoms. The summed E-state index contributed by atoms with van der Waals surface area (Å²) in [6.07, 6.45) is 8.83. The molecule has 1 heterocycles. The van der Waals surface area contributed by atoms with Gasteiger partial charge in [0.05, 0.1) is 5.56 Å². The molecule has 0 aliphatic heterocycles. The lowest BCUT2D eigenvalue weighted by Crippen LogP contribution is -2.21. The summed E-state index contributed by atoms with van der Waals surface area (Å²) in [5, 5.41) is 0. The van der Waals surface area contributed by atoms with Gasteiger partial charge in [0.1, 0.15) is 17.7 Å². The van der Waals surface area contributed by atoms with Crippen molar-refractivity contribution >= 4 is 5.82 Å². The molecule has 18 heavy (non-hydrogen) atoms. The molecule has 98 valence electrons. The van der Waals surface area contributed by atoms with Gasteiger partial charge in [0.2, 0.25) is 5.88 Å². The van der Waals surface area contributed by atoms with Crippen molar-refractivity contribution in [2.75, 3.05) is 5.73 Å².